The van der Waals surface area contributed by atoms with E-state index in [2.05, 4.69) is 5.32 Å². The molecule has 1 N–H and O–H groups in total. The second-order valence-corrected chi connectivity index (χ2v) is 2.06. The number of rotatable bonds is 1. The van der Waals surface area contributed by atoms with Crippen molar-refractivity contribution in [3.63, 3.8) is 0 Å². The van der Waals surface area contributed by atoms with Gasteiger partial charge in [-0.2, -0.15) is 0 Å². The molecule has 0 atom stereocenters. The van der Waals surface area contributed by atoms with E-state index in [4.69, 9.17) is 0 Å². The molecule has 0 fully saturated rings. The lowest BCUT2D eigenvalue weighted by Crippen LogP contribution is -2.13. The summed E-state index contributed by atoms with van der Waals surface area (Å²) in [5.41, 5.74) is 0. The van der Waals surface area contributed by atoms with Gasteiger partial charge in [0.2, 0.25) is 5.91 Å². The molecule has 1 aromatic rings. The molecule has 0 radical (unpaired) electrons. The number of hydrogen-bond donors (Lipinski definition) is 1. The molecule has 0 aliphatic rings. The van der Waals surface area contributed by atoms with Gasteiger partial charge in [-0.1, -0.05) is 50.2 Å². The minimum absolute atomic E-state index is 0.193. The fourth-order valence-electron chi connectivity index (χ4n) is 0.525. The molecule has 3 heteroatoms. The molecule has 15 heavy (non-hydrogen) atoms. The second-order valence-electron chi connectivity index (χ2n) is 2.06. The zero-order valence-corrected chi connectivity index (χ0v) is 9.41. The molecule has 0 saturated carbocycles. The van der Waals surface area contributed by atoms with Gasteiger partial charge >= 0.3 is 0 Å². The van der Waals surface area contributed by atoms with E-state index in [1.54, 1.807) is 0 Å². The van der Waals surface area contributed by atoms with E-state index < -0.39 is 5.91 Å². The Hall–Kier alpha value is -1.64. The first-order chi connectivity index (χ1) is 7.31. The highest BCUT2D eigenvalue weighted by Crippen LogP contribution is 1.79. The van der Waals surface area contributed by atoms with Gasteiger partial charge in [-0.25, -0.2) is 4.39 Å². The average molecular weight is 211 g/mol. The van der Waals surface area contributed by atoms with Gasteiger partial charge in [0.15, 0.2) is 0 Å². The Labute approximate surface area is 90.8 Å². The summed E-state index contributed by atoms with van der Waals surface area (Å²) in [4.78, 5) is 9.97. The van der Waals surface area contributed by atoms with Gasteiger partial charge in [0.05, 0.1) is 6.33 Å². The van der Waals surface area contributed by atoms with Crippen LogP contribution < -0.4 is 5.32 Å². The van der Waals surface area contributed by atoms with Crippen LogP contribution in [0.1, 0.15) is 13.8 Å². The molecule has 0 aliphatic carbocycles. The van der Waals surface area contributed by atoms with Crippen molar-refractivity contribution in [3.05, 3.63) is 48.8 Å². The van der Waals surface area contributed by atoms with Crippen LogP contribution in [0.15, 0.2) is 48.8 Å². The Morgan fingerprint density at radius 2 is 1.40 bits per heavy atom. The topological polar surface area (TPSA) is 29.1 Å². The van der Waals surface area contributed by atoms with Crippen LogP contribution in [0.2, 0.25) is 0 Å². The van der Waals surface area contributed by atoms with Crippen molar-refractivity contribution in [1.82, 2.24) is 5.32 Å². The molecule has 0 saturated heterocycles. The molecule has 0 heterocycles. The van der Waals surface area contributed by atoms with Crippen LogP contribution in [0, 0.1) is 0 Å². The predicted molar refractivity (Wildman–Crippen MR) is 62.1 cm³/mol. The third-order valence-corrected chi connectivity index (χ3v) is 1.13. The number of carbonyl (C=O) groups excluding carboxylic acids is 1. The smallest absolute Gasteiger partial charge is 0.246 e. The molecule has 1 amide bonds. The van der Waals surface area contributed by atoms with E-state index in [1.165, 1.54) is 7.05 Å². The summed E-state index contributed by atoms with van der Waals surface area (Å²) in [6.45, 7) is 4.00. The Bertz CT molecular complexity index is 220. The van der Waals surface area contributed by atoms with Crippen LogP contribution in [0.25, 0.3) is 0 Å². The Kier molecular flexibility index (Phi) is 15.7. The molecule has 84 valence electrons. The standard InChI is InChI=1S/C6H6.C4H6FNO.C2H6/c1-2-4-6-5-3-1;1-6-4(7)2-3-5;1-2/h1-6H;2-3H,1H3,(H,6,7);1-2H3/b;3-2-;. The zero-order valence-electron chi connectivity index (χ0n) is 9.41. The molecule has 0 unspecified atom stereocenters. The summed E-state index contributed by atoms with van der Waals surface area (Å²) >= 11 is 0. The number of likely N-dealkylation sites (N-methyl/N-ethyl adjacent to an activating group) is 1. The predicted octanol–water partition coefficient (Wildman–Crippen LogP) is 2.93. The van der Waals surface area contributed by atoms with Crippen molar-refractivity contribution in [2.24, 2.45) is 0 Å². The van der Waals surface area contributed by atoms with Crippen molar-refractivity contribution in [2.75, 3.05) is 7.05 Å². The highest BCUT2D eigenvalue weighted by Gasteiger charge is 1.82. The van der Waals surface area contributed by atoms with Crippen molar-refractivity contribution in [1.29, 1.82) is 0 Å². The van der Waals surface area contributed by atoms with Crippen molar-refractivity contribution < 1.29 is 9.18 Å². The number of amides is 1. The third-order valence-electron chi connectivity index (χ3n) is 1.13. The van der Waals surface area contributed by atoms with Crippen LogP contribution >= 0.6 is 0 Å². The first-order valence-electron chi connectivity index (χ1n) is 4.79. The first kappa shape index (κ1) is 15.8. The molecule has 1 rings (SSSR count). The quantitative estimate of drug-likeness (QED) is 0.711. The van der Waals surface area contributed by atoms with Crippen LogP contribution in [-0.2, 0) is 4.79 Å². The van der Waals surface area contributed by atoms with Gasteiger partial charge in [-0.3, -0.25) is 4.79 Å². The normalized spacial score (nSPS) is 8.00. The summed E-state index contributed by atoms with van der Waals surface area (Å²) < 4.78 is 11.0. The molecule has 0 bridgehead atoms. The summed E-state index contributed by atoms with van der Waals surface area (Å²) in [5, 5.41) is 2.20. The molecule has 0 aromatic heterocycles. The molecule has 2 nitrogen and oxygen atoms in total. The lowest BCUT2D eigenvalue weighted by atomic mass is 10.4. The maximum atomic E-state index is 11.0. The van der Waals surface area contributed by atoms with E-state index >= 15 is 0 Å². The van der Waals surface area contributed by atoms with Gasteiger partial charge in [0.1, 0.15) is 0 Å². The number of hydrogen-bond acceptors (Lipinski definition) is 1. The molecule has 1 aromatic carbocycles. The maximum Gasteiger partial charge on any atom is 0.246 e. The Morgan fingerprint density at radius 3 is 1.53 bits per heavy atom. The van der Waals surface area contributed by atoms with Crippen molar-refractivity contribution >= 4 is 5.91 Å². The molecule has 0 aliphatic heterocycles. The highest BCUT2D eigenvalue weighted by molar-refractivity contribution is 5.86. The zero-order chi connectivity index (χ0) is 11.9. The second kappa shape index (κ2) is 14.9. The maximum absolute atomic E-state index is 11.0. The molecule has 0 spiro atoms. The number of nitrogens with one attached hydrogen (secondary N) is 1. The van der Waals surface area contributed by atoms with Gasteiger partial charge in [-0.05, 0) is 0 Å². The average Bonchev–Trinajstić information content (AvgIpc) is 2.35. The van der Waals surface area contributed by atoms with Crippen LogP contribution in [-0.4, -0.2) is 13.0 Å². The van der Waals surface area contributed by atoms with Crippen LogP contribution in [0.5, 0.6) is 0 Å². The Morgan fingerprint density at radius 1 is 1.07 bits per heavy atom. The van der Waals surface area contributed by atoms with E-state index in [0.717, 1.165) is 6.08 Å². The van der Waals surface area contributed by atoms with E-state index in [1.807, 2.05) is 50.2 Å². The summed E-state index contributed by atoms with van der Waals surface area (Å²) in [7, 11) is 1.43. The summed E-state index contributed by atoms with van der Waals surface area (Å²) in [5.74, 6) is -0.428. The first-order valence-corrected chi connectivity index (χ1v) is 4.79. The van der Waals surface area contributed by atoms with Gasteiger partial charge < -0.3 is 5.32 Å². The molecular weight excluding hydrogens is 193 g/mol. The number of carbonyl (C=O) groups is 1. The SMILES string of the molecule is CC.CNC(=O)/C=C\F.c1ccccc1. The lowest BCUT2D eigenvalue weighted by molar-refractivity contribution is -0.116. The van der Waals surface area contributed by atoms with Crippen molar-refractivity contribution in [3.8, 4) is 0 Å². The highest BCUT2D eigenvalue weighted by atomic mass is 19.1. The van der Waals surface area contributed by atoms with Crippen molar-refractivity contribution in [2.45, 2.75) is 13.8 Å². The monoisotopic (exact) mass is 211 g/mol. The van der Waals surface area contributed by atoms with E-state index in [0.29, 0.717) is 0 Å². The van der Waals surface area contributed by atoms with Gasteiger partial charge in [-0.15, -0.1) is 0 Å². The third kappa shape index (κ3) is 15.1. The number of halogens is 1. The minimum Gasteiger partial charge on any atom is -0.356 e. The summed E-state index contributed by atoms with van der Waals surface area (Å²) in [6.07, 6.45) is 0.999. The Balaban J connectivity index is 0. The lowest BCUT2D eigenvalue weighted by Gasteiger charge is -1.83. The van der Waals surface area contributed by atoms with Crippen LogP contribution in [0.4, 0.5) is 4.39 Å². The van der Waals surface area contributed by atoms with E-state index in [9.17, 15) is 9.18 Å². The largest absolute Gasteiger partial charge is 0.356 e. The van der Waals surface area contributed by atoms with Gasteiger partial charge in [0.25, 0.3) is 0 Å². The van der Waals surface area contributed by atoms with E-state index in [-0.39, 0.29) is 6.33 Å². The fourth-order valence-corrected chi connectivity index (χ4v) is 0.525. The van der Waals surface area contributed by atoms with Gasteiger partial charge in [0, 0.05) is 13.1 Å². The minimum atomic E-state index is -0.428. The number of benzene rings is 1. The van der Waals surface area contributed by atoms with Crippen LogP contribution in [0.3, 0.4) is 0 Å². The summed E-state index contributed by atoms with van der Waals surface area (Å²) in [6, 6.07) is 12.0. The molecular formula is C12H18FNO. The fraction of sp³-hybridized carbons (Fsp3) is 0.250.